The number of carbonyl (C=O) groups excluding carboxylic acids is 2. The molecule has 1 heterocycles. The molecule has 0 N–H and O–H groups in total. The minimum Gasteiger partial charge on any atom is -0.345 e. The fourth-order valence-corrected chi connectivity index (χ4v) is 5.18. The first-order valence-electron chi connectivity index (χ1n) is 13.2. The average Bonchev–Trinajstić information content (AvgIpc) is 3.37. The van der Waals surface area contributed by atoms with Gasteiger partial charge in [-0.1, -0.05) is 79.4 Å². The zero-order valence-corrected chi connectivity index (χ0v) is 22.3. The molecule has 1 fully saturated rings. The van der Waals surface area contributed by atoms with E-state index in [0.717, 1.165) is 47.5 Å². The molecule has 1 saturated carbocycles. The summed E-state index contributed by atoms with van der Waals surface area (Å²) in [6.07, 6.45) is 10.9. The third-order valence-electron chi connectivity index (χ3n) is 7.13. The quantitative estimate of drug-likeness (QED) is 0.291. The molecule has 6 heteroatoms. The lowest BCUT2D eigenvalue weighted by Crippen LogP contribution is -2.47. The van der Waals surface area contributed by atoms with E-state index in [2.05, 4.69) is 10.6 Å². The van der Waals surface area contributed by atoms with E-state index < -0.39 is 0 Å². The second kappa shape index (κ2) is 13.3. The van der Waals surface area contributed by atoms with Crippen LogP contribution >= 0.6 is 11.6 Å². The molecule has 1 aliphatic rings. The average molecular weight is 518 g/mol. The van der Waals surface area contributed by atoms with Crippen LogP contribution < -0.4 is 0 Å². The molecule has 5 nitrogen and oxygen atoms in total. The number of rotatable bonds is 10. The molecule has 0 radical (unpaired) electrons. The predicted molar refractivity (Wildman–Crippen MR) is 150 cm³/mol. The molecule has 0 aliphatic heterocycles. The Labute approximate surface area is 225 Å². The molecular formula is C31H36ClN3O2. The highest BCUT2D eigenvalue weighted by Gasteiger charge is 2.28. The number of halogens is 1. The second-order valence-electron chi connectivity index (χ2n) is 9.63. The first-order chi connectivity index (χ1) is 18.0. The van der Waals surface area contributed by atoms with Crippen molar-refractivity contribution in [3.8, 4) is 0 Å². The summed E-state index contributed by atoms with van der Waals surface area (Å²) in [5.74, 6) is -0.147. The predicted octanol–water partition coefficient (Wildman–Crippen LogP) is 6.41. The van der Waals surface area contributed by atoms with Crippen molar-refractivity contribution in [3.05, 3.63) is 101 Å². The van der Waals surface area contributed by atoms with E-state index in [1.54, 1.807) is 17.1 Å². The lowest BCUT2D eigenvalue weighted by atomic mass is 9.94. The van der Waals surface area contributed by atoms with Crippen molar-refractivity contribution in [1.29, 1.82) is 0 Å². The molecule has 4 rings (SSSR count). The number of hydrogen-bond acceptors (Lipinski definition) is 2. The van der Waals surface area contributed by atoms with E-state index in [1.165, 1.54) is 6.42 Å². The monoisotopic (exact) mass is 517 g/mol. The van der Waals surface area contributed by atoms with Crippen molar-refractivity contribution in [2.45, 2.75) is 58.2 Å². The zero-order valence-electron chi connectivity index (χ0n) is 21.6. The van der Waals surface area contributed by atoms with E-state index >= 15 is 0 Å². The van der Waals surface area contributed by atoms with Crippen molar-refractivity contribution in [2.24, 2.45) is 0 Å². The summed E-state index contributed by atoms with van der Waals surface area (Å²) in [5.41, 5.74) is 3.07. The van der Waals surface area contributed by atoms with Crippen molar-refractivity contribution < 1.29 is 9.59 Å². The molecule has 3 aromatic rings. The van der Waals surface area contributed by atoms with Gasteiger partial charge in [-0.2, -0.15) is 0 Å². The summed E-state index contributed by atoms with van der Waals surface area (Å²) in [6.45, 7) is 3.65. The summed E-state index contributed by atoms with van der Waals surface area (Å²) in [7, 11) is 0. The Balaban J connectivity index is 1.49. The summed E-state index contributed by atoms with van der Waals surface area (Å²) < 4.78 is 2.16. The van der Waals surface area contributed by atoms with Crippen molar-refractivity contribution in [2.75, 3.05) is 13.1 Å². The van der Waals surface area contributed by atoms with E-state index in [9.17, 15) is 9.59 Å². The van der Waals surface area contributed by atoms with E-state index in [0.29, 0.717) is 19.6 Å². The Hall–Kier alpha value is -3.31. The van der Waals surface area contributed by atoms with Gasteiger partial charge in [-0.05, 0) is 55.2 Å². The molecule has 2 aromatic carbocycles. The van der Waals surface area contributed by atoms with Crippen LogP contribution in [-0.2, 0) is 22.7 Å². The van der Waals surface area contributed by atoms with Crippen LogP contribution in [0.5, 0.6) is 0 Å². The van der Waals surface area contributed by atoms with E-state index in [1.807, 2.05) is 78.7 Å². The highest BCUT2D eigenvalue weighted by molar-refractivity contribution is 6.31. The Morgan fingerprint density at radius 3 is 2.43 bits per heavy atom. The minimum absolute atomic E-state index is 0.000652. The van der Waals surface area contributed by atoms with Gasteiger partial charge in [0.15, 0.2) is 0 Å². The lowest BCUT2D eigenvalue weighted by molar-refractivity contribution is -0.140. The van der Waals surface area contributed by atoms with Crippen LogP contribution in [0.3, 0.4) is 0 Å². The highest BCUT2D eigenvalue weighted by Crippen LogP contribution is 2.25. The van der Waals surface area contributed by atoms with Crippen molar-refractivity contribution >= 4 is 29.5 Å². The Morgan fingerprint density at radius 1 is 0.973 bits per heavy atom. The van der Waals surface area contributed by atoms with Gasteiger partial charge in [0.2, 0.25) is 11.8 Å². The number of amides is 2. The Bertz CT molecular complexity index is 1200. The number of carbonyl (C=O) groups is 2. The SMILES string of the molecule is CCN(CC(=O)N(Cc1cccn1Cc1ccccc1Cl)C1CCCCC1)C(=O)/C=C/c1ccccc1. The third kappa shape index (κ3) is 7.36. The minimum atomic E-state index is -0.148. The van der Waals surface area contributed by atoms with Crippen LogP contribution in [0.1, 0.15) is 55.8 Å². The zero-order chi connectivity index (χ0) is 26.0. The molecule has 0 atom stereocenters. The molecule has 0 bridgehead atoms. The molecular weight excluding hydrogens is 482 g/mol. The molecule has 1 aromatic heterocycles. The highest BCUT2D eigenvalue weighted by atomic mass is 35.5. The van der Waals surface area contributed by atoms with Gasteiger partial charge >= 0.3 is 0 Å². The molecule has 0 saturated heterocycles. The number of hydrogen-bond donors (Lipinski definition) is 0. The van der Waals surface area contributed by atoms with Crippen LogP contribution in [0.4, 0.5) is 0 Å². The largest absolute Gasteiger partial charge is 0.345 e. The lowest BCUT2D eigenvalue weighted by Gasteiger charge is -2.36. The fraction of sp³-hybridized carbons (Fsp3) is 0.355. The van der Waals surface area contributed by atoms with Crippen LogP contribution in [0.25, 0.3) is 6.08 Å². The van der Waals surface area contributed by atoms with Gasteiger partial charge in [0.25, 0.3) is 0 Å². The first kappa shape index (κ1) is 26.7. The number of aromatic nitrogens is 1. The summed E-state index contributed by atoms with van der Waals surface area (Å²) >= 11 is 6.42. The van der Waals surface area contributed by atoms with Crippen LogP contribution in [0, 0.1) is 0 Å². The van der Waals surface area contributed by atoms with E-state index in [-0.39, 0.29) is 24.4 Å². The van der Waals surface area contributed by atoms with Crippen molar-refractivity contribution in [3.63, 3.8) is 0 Å². The van der Waals surface area contributed by atoms with Gasteiger partial charge in [-0.15, -0.1) is 0 Å². The Morgan fingerprint density at radius 2 is 1.70 bits per heavy atom. The van der Waals surface area contributed by atoms with Gasteiger partial charge < -0.3 is 14.4 Å². The normalized spacial score (nSPS) is 14.1. The third-order valence-corrected chi connectivity index (χ3v) is 7.50. The second-order valence-corrected chi connectivity index (χ2v) is 10.0. The van der Waals surface area contributed by atoms with Crippen molar-refractivity contribution in [1.82, 2.24) is 14.4 Å². The standard InChI is InChI=1S/C31H36ClN3O2/c1-2-33(30(36)20-19-25-12-5-3-6-13-25)24-31(37)35(27-15-7-4-8-16-27)23-28-17-11-21-34(28)22-26-14-9-10-18-29(26)32/h3,5-6,9-14,17-21,27H,2,4,7-8,15-16,22-24H2,1H3/b20-19+. The van der Waals surface area contributed by atoms with E-state index in [4.69, 9.17) is 11.6 Å². The van der Waals surface area contributed by atoms with Crippen LogP contribution in [-0.4, -0.2) is 45.3 Å². The van der Waals surface area contributed by atoms with Gasteiger partial charge in [0, 0.05) is 42.1 Å². The summed E-state index contributed by atoms with van der Waals surface area (Å²) in [6, 6.07) is 21.9. The number of benzene rings is 2. The molecule has 1 aliphatic carbocycles. The fourth-order valence-electron chi connectivity index (χ4n) is 4.98. The maximum absolute atomic E-state index is 13.7. The maximum Gasteiger partial charge on any atom is 0.247 e. The molecule has 2 amide bonds. The van der Waals surface area contributed by atoms with Gasteiger partial charge in [-0.3, -0.25) is 9.59 Å². The van der Waals surface area contributed by atoms with Crippen LogP contribution in [0.15, 0.2) is 79.0 Å². The van der Waals surface area contributed by atoms with Gasteiger partial charge in [-0.25, -0.2) is 0 Å². The van der Waals surface area contributed by atoms with Crippen LogP contribution in [0.2, 0.25) is 5.02 Å². The number of nitrogens with zero attached hydrogens (tertiary/aromatic N) is 3. The molecule has 194 valence electrons. The van der Waals surface area contributed by atoms with Gasteiger partial charge in [0.05, 0.1) is 6.54 Å². The molecule has 0 spiro atoms. The van der Waals surface area contributed by atoms with Gasteiger partial charge in [0.1, 0.15) is 6.54 Å². The topological polar surface area (TPSA) is 45.6 Å². The number of likely N-dealkylation sites (N-methyl/N-ethyl adjacent to an activating group) is 1. The smallest absolute Gasteiger partial charge is 0.247 e. The molecule has 0 unspecified atom stereocenters. The first-order valence-corrected chi connectivity index (χ1v) is 13.6. The summed E-state index contributed by atoms with van der Waals surface area (Å²) in [4.78, 5) is 30.3. The molecule has 37 heavy (non-hydrogen) atoms. The maximum atomic E-state index is 13.7. The Kier molecular flexibility index (Phi) is 9.61. The summed E-state index contributed by atoms with van der Waals surface area (Å²) in [5, 5.41) is 0.739.